The summed E-state index contributed by atoms with van der Waals surface area (Å²) in [5, 5.41) is 13.3. The van der Waals surface area contributed by atoms with E-state index in [1.807, 2.05) is 41.3 Å². The average Bonchev–Trinajstić information content (AvgIpc) is 3.44. The summed E-state index contributed by atoms with van der Waals surface area (Å²) in [5.74, 6) is -0.837. The number of hydrogen-bond acceptors (Lipinski definition) is 9. The molecule has 262 valence electrons. The van der Waals surface area contributed by atoms with Crippen LogP contribution in [0, 0.1) is 18.8 Å². The molecule has 14 nitrogen and oxygen atoms in total. The molecule has 3 fully saturated rings. The molecule has 2 aromatic carbocycles. The molecular weight excluding hydrogens is 630 g/mol. The minimum Gasteiger partial charge on any atom is -0.565 e. The molecule has 1 unspecified atom stereocenters. The number of likely N-dealkylation sites (tertiary alicyclic amines) is 2. The van der Waals surface area contributed by atoms with Crippen LogP contribution in [0.4, 0.5) is 21.0 Å². The molecule has 4 aliphatic heterocycles. The van der Waals surface area contributed by atoms with Gasteiger partial charge >= 0.3 is 18.1 Å². The number of carbonyl (C=O) groups is 4. The number of hydrogen-bond donors (Lipinski definition) is 1. The molecule has 14 heteroatoms. The minimum absolute atomic E-state index is 0.0160. The molecule has 2 aromatic rings. The second-order valence-corrected chi connectivity index (χ2v) is 13.7. The van der Waals surface area contributed by atoms with Crippen molar-refractivity contribution in [2.75, 3.05) is 57.9 Å². The van der Waals surface area contributed by atoms with Gasteiger partial charge in [-0.1, -0.05) is 30.3 Å². The van der Waals surface area contributed by atoms with Gasteiger partial charge in [0.25, 0.3) is 5.91 Å². The molecule has 0 aromatic heterocycles. The number of urea groups is 1. The predicted octanol–water partition coefficient (Wildman–Crippen LogP) is 3.08. The number of amides is 4. The van der Waals surface area contributed by atoms with Gasteiger partial charge in [-0.2, -0.15) is 0 Å². The number of carbonyl (C=O) groups excluding carboxylic acids is 4. The van der Waals surface area contributed by atoms with Gasteiger partial charge in [-0.05, 0) is 79.6 Å². The third-order valence-corrected chi connectivity index (χ3v) is 10.3. The van der Waals surface area contributed by atoms with Crippen molar-refractivity contribution >= 4 is 35.4 Å². The molecule has 3 saturated heterocycles. The van der Waals surface area contributed by atoms with Crippen molar-refractivity contribution in [3.63, 3.8) is 0 Å². The van der Waals surface area contributed by atoms with Crippen molar-refractivity contribution in [1.82, 2.24) is 24.5 Å². The zero-order valence-electron chi connectivity index (χ0n) is 28.2. The average molecular weight is 677 g/mol. The van der Waals surface area contributed by atoms with Crippen LogP contribution in [-0.2, 0) is 27.2 Å². The first kappa shape index (κ1) is 34.3. The number of benzene rings is 2. The van der Waals surface area contributed by atoms with E-state index in [9.17, 15) is 24.1 Å². The number of rotatable bonds is 10. The number of para-hydroxylation sites is 1. The Morgan fingerprint density at radius 3 is 2.37 bits per heavy atom. The Morgan fingerprint density at radius 1 is 0.980 bits per heavy atom. The number of nitrogens with zero attached hydrogens (tertiary/aromatic N) is 6. The fourth-order valence-electron chi connectivity index (χ4n) is 7.54. The van der Waals surface area contributed by atoms with Gasteiger partial charge in [0.1, 0.15) is 12.1 Å². The molecule has 2 atom stereocenters. The predicted molar refractivity (Wildman–Crippen MR) is 182 cm³/mol. The number of aryl methyl sites for hydroxylation is 2. The van der Waals surface area contributed by atoms with Crippen molar-refractivity contribution in [2.45, 2.75) is 70.6 Å². The lowest BCUT2D eigenvalue weighted by atomic mass is 9.99. The molecular formula is C35H46N7O7+. The van der Waals surface area contributed by atoms with E-state index in [0.29, 0.717) is 69.2 Å². The van der Waals surface area contributed by atoms with E-state index in [0.717, 1.165) is 42.7 Å². The quantitative estimate of drug-likeness (QED) is 0.297. The van der Waals surface area contributed by atoms with Crippen LogP contribution in [0.25, 0.3) is 0 Å². The fourth-order valence-corrected chi connectivity index (χ4v) is 7.54. The standard InChI is InChI=1S/C35H45N7O7/c1-23-17-25(18-24(2)32(23)37-48)19-30(33(45)41-21-40(22-41)28-8-12-38(20-28)13-11-31(43)44)49-35(47)39-14-9-27(10-15-39)42-16-7-26-5-3-4-6-29(26)36-34(42)46/h3-6,17-18,27-28,30H,7-16,19-22H2,1-2H3,(H,36,46)(H,43,44)/p+1/t28?,30-/m1/s1. The molecule has 4 aliphatic rings. The lowest BCUT2D eigenvalue weighted by Gasteiger charge is -2.46. The molecule has 0 bridgehead atoms. The normalized spacial score (nSPS) is 21.0. The zero-order chi connectivity index (χ0) is 34.7. The number of anilines is 1. The number of piperidine rings is 1. The van der Waals surface area contributed by atoms with E-state index < -0.39 is 18.2 Å². The van der Waals surface area contributed by atoms with Gasteiger partial charge in [-0.25, -0.2) is 9.59 Å². The summed E-state index contributed by atoms with van der Waals surface area (Å²) in [6, 6.07) is 11.5. The minimum atomic E-state index is -1.06. The first-order chi connectivity index (χ1) is 23.6. The van der Waals surface area contributed by atoms with Crippen molar-refractivity contribution in [3.05, 3.63) is 63.6 Å². The SMILES string of the molecule is Cc1cc(C[C@@H](OC(=O)N2CCC(N3CCc4ccccc4NC3=O)CC2)C(=O)N2CN(C3CCN(CCC(=O)[OH2+])C3)C2)cc(C)c1N=O. The maximum atomic E-state index is 13.9. The summed E-state index contributed by atoms with van der Waals surface area (Å²) in [7, 11) is 0. The van der Waals surface area contributed by atoms with E-state index in [1.165, 1.54) is 0 Å². The van der Waals surface area contributed by atoms with Gasteiger partial charge in [0.15, 0.2) is 6.10 Å². The Bertz CT molecular complexity index is 1560. The first-order valence-corrected chi connectivity index (χ1v) is 17.1. The zero-order valence-corrected chi connectivity index (χ0v) is 28.2. The summed E-state index contributed by atoms with van der Waals surface area (Å²) in [4.78, 5) is 72.5. The highest BCUT2D eigenvalue weighted by molar-refractivity contribution is 5.91. The molecule has 0 aliphatic carbocycles. The van der Waals surface area contributed by atoms with Crippen molar-refractivity contribution in [3.8, 4) is 0 Å². The van der Waals surface area contributed by atoms with E-state index in [4.69, 9.17) is 9.84 Å². The van der Waals surface area contributed by atoms with Crippen molar-refractivity contribution in [2.24, 2.45) is 5.18 Å². The third kappa shape index (κ3) is 7.86. The number of ether oxygens (including phenoxy) is 1. The van der Waals surface area contributed by atoms with Crippen LogP contribution in [0.2, 0.25) is 0 Å². The van der Waals surface area contributed by atoms with E-state index >= 15 is 0 Å². The maximum absolute atomic E-state index is 13.9. The molecule has 4 amide bonds. The van der Waals surface area contributed by atoms with E-state index in [2.05, 4.69) is 20.3 Å². The Hall–Kier alpha value is -4.56. The molecule has 3 N–H and O–H groups in total. The van der Waals surface area contributed by atoms with Crippen LogP contribution in [0.1, 0.15) is 47.9 Å². The highest BCUT2D eigenvalue weighted by Gasteiger charge is 2.41. The van der Waals surface area contributed by atoms with Crippen LogP contribution < -0.4 is 5.32 Å². The van der Waals surface area contributed by atoms with Gasteiger partial charge in [0, 0.05) is 61.7 Å². The van der Waals surface area contributed by atoms with Crippen LogP contribution in [0.15, 0.2) is 41.6 Å². The van der Waals surface area contributed by atoms with Crippen molar-refractivity contribution in [1.29, 1.82) is 0 Å². The molecule has 49 heavy (non-hydrogen) atoms. The molecule has 6 rings (SSSR count). The largest absolute Gasteiger partial charge is 0.565 e. The molecule has 0 radical (unpaired) electrons. The Morgan fingerprint density at radius 2 is 1.67 bits per heavy atom. The Kier molecular flexibility index (Phi) is 10.4. The number of fused-ring (bicyclic) bond motifs is 1. The number of nitroso groups, excluding NO2 is 1. The van der Waals surface area contributed by atoms with E-state index in [-0.39, 0.29) is 36.9 Å². The summed E-state index contributed by atoms with van der Waals surface area (Å²) in [6.45, 7) is 8.03. The van der Waals surface area contributed by atoms with Crippen LogP contribution in [-0.4, -0.2) is 124 Å². The van der Waals surface area contributed by atoms with Gasteiger partial charge < -0.3 is 34.8 Å². The second-order valence-electron chi connectivity index (χ2n) is 13.7. The third-order valence-electron chi connectivity index (χ3n) is 10.3. The van der Waals surface area contributed by atoms with Crippen molar-refractivity contribution < 1.29 is 29.0 Å². The monoisotopic (exact) mass is 676 g/mol. The fraction of sp³-hybridized carbons (Fsp3) is 0.543. The summed E-state index contributed by atoms with van der Waals surface area (Å²) >= 11 is 0. The lowest BCUT2D eigenvalue weighted by molar-refractivity contribution is -0.160. The number of nitrogens with one attached hydrogen (secondary N) is 1. The highest BCUT2D eigenvalue weighted by Crippen LogP contribution is 2.29. The smallest absolute Gasteiger partial charge is 0.517 e. The molecule has 0 spiro atoms. The van der Waals surface area contributed by atoms with Crippen LogP contribution >= 0.6 is 0 Å². The Balaban J connectivity index is 1.07. The van der Waals surface area contributed by atoms with Gasteiger partial charge in [0.2, 0.25) is 0 Å². The molecule has 4 heterocycles. The topological polar surface area (TPSA) is 158 Å². The van der Waals surface area contributed by atoms with E-state index in [1.54, 1.807) is 23.6 Å². The van der Waals surface area contributed by atoms with Crippen LogP contribution in [0.5, 0.6) is 0 Å². The van der Waals surface area contributed by atoms with Gasteiger partial charge in [-0.15, -0.1) is 4.91 Å². The lowest BCUT2D eigenvalue weighted by Crippen LogP contribution is -2.63. The molecule has 0 saturated carbocycles. The second kappa shape index (κ2) is 14.9. The first-order valence-electron chi connectivity index (χ1n) is 17.1. The van der Waals surface area contributed by atoms with Gasteiger partial charge in [-0.3, -0.25) is 9.69 Å². The maximum Gasteiger partial charge on any atom is 0.517 e. The van der Waals surface area contributed by atoms with Crippen LogP contribution in [0.3, 0.4) is 0 Å². The Labute approximate surface area is 285 Å². The van der Waals surface area contributed by atoms with Gasteiger partial charge in [0.05, 0.1) is 13.3 Å². The summed E-state index contributed by atoms with van der Waals surface area (Å²) in [6.07, 6.45) is 1.64. The summed E-state index contributed by atoms with van der Waals surface area (Å²) < 4.78 is 5.99. The summed E-state index contributed by atoms with van der Waals surface area (Å²) in [5.41, 5.74) is 4.46. The highest BCUT2D eigenvalue weighted by atomic mass is 16.6.